The quantitative estimate of drug-likeness (QED) is 0.704. The molecule has 1 aliphatic rings. The Morgan fingerprint density at radius 2 is 2.18 bits per heavy atom. The van der Waals surface area contributed by atoms with E-state index >= 15 is 0 Å². The number of hydrogen-bond donors (Lipinski definition) is 3. The van der Waals surface area contributed by atoms with E-state index in [-0.39, 0.29) is 30.7 Å². The van der Waals surface area contributed by atoms with Gasteiger partial charge in [0, 0.05) is 12.6 Å². The van der Waals surface area contributed by atoms with Crippen molar-refractivity contribution in [2.24, 2.45) is 0 Å². The van der Waals surface area contributed by atoms with Crippen molar-refractivity contribution in [3.8, 4) is 0 Å². The summed E-state index contributed by atoms with van der Waals surface area (Å²) in [6, 6.07) is 2.28. The first kappa shape index (κ1) is 17.2. The Hall–Kier alpha value is -1.13. The molecule has 1 heterocycles. The van der Waals surface area contributed by atoms with Crippen LogP contribution in [0.25, 0.3) is 0 Å². The van der Waals surface area contributed by atoms with Gasteiger partial charge in [-0.25, -0.2) is 21.9 Å². The van der Waals surface area contributed by atoms with E-state index in [2.05, 4.69) is 10.0 Å². The highest BCUT2D eigenvalue weighted by molar-refractivity contribution is 7.89. The highest BCUT2D eigenvalue weighted by Gasteiger charge is 2.36. The minimum absolute atomic E-state index is 0.0475. The summed E-state index contributed by atoms with van der Waals surface area (Å²) in [6.07, 6.45) is 0. The van der Waals surface area contributed by atoms with E-state index in [1.807, 2.05) is 6.92 Å². The summed E-state index contributed by atoms with van der Waals surface area (Å²) in [5, 5.41) is 12.6. The summed E-state index contributed by atoms with van der Waals surface area (Å²) in [7, 11) is -4.03. The van der Waals surface area contributed by atoms with E-state index in [1.165, 1.54) is 0 Å². The Bertz CT molecular complexity index is 641. The van der Waals surface area contributed by atoms with Crippen LogP contribution in [0.1, 0.15) is 6.92 Å². The van der Waals surface area contributed by atoms with Crippen molar-refractivity contribution >= 4 is 10.0 Å². The maximum atomic E-state index is 13.2. The fraction of sp³-hybridized carbons (Fsp3) is 0.538. The molecule has 0 amide bonds. The van der Waals surface area contributed by atoms with Gasteiger partial charge in [0.15, 0.2) is 11.6 Å². The standard InChI is InChI=1S/C13H18F2N2O4S/c1-9-5-21-8-13(7-18,17-9)6-16-22(19,20)10-2-3-11(14)12(15)4-10/h2-4,9,16-18H,5-8H2,1H3/t9-,13+/m1/s1. The van der Waals surface area contributed by atoms with Crippen molar-refractivity contribution in [1.29, 1.82) is 0 Å². The lowest BCUT2D eigenvalue weighted by Gasteiger charge is -2.39. The highest BCUT2D eigenvalue weighted by atomic mass is 32.2. The number of benzene rings is 1. The number of hydrogen-bond acceptors (Lipinski definition) is 5. The number of rotatable bonds is 5. The van der Waals surface area contributed by atoms with Crippen molar-refractivity contribution in [3.05, 3.63) is 29.8 Å². The molecule has 0 aliphatic carbocycles. The summed E-state index contributed by atoms with van der Waals surface area (Å²) >= 11 is 0. The summed E-state index contributed by atoms with van der Waals surface area (Å²) in [6.45, 7) is 1.95. The molecule has 22 heavy (non-hydrogen) atoms. The van der Waals surface area contributed by atoms with E-state index in [4.69, 9.17) is 4.74 Å². The molecular weight excluding hydrogens is 318 g/mol. The number of aliphatic hydroxyl groups excluding tert-OH is 1. The van der Waals surface area contributed by atoms with Crippen molar-refractivity contribution in [2.45, 2.75) is 23.4 Å². The van der Waals surface area contributed by atoms with Crippen molar-refractivity contribution in [3.63, 3.8) is 0 Å². The zero-order valence-electron chi connectivity index (χ0n) is 12.0. The largest absolute Gasteiger partial charge is 0.394 e. The van der Waals surface area contributed by atoms with Crippen molar-refractivity contribution < 1.29 is 27.0 Å². The summed E-state index contributed by atoms with van der Waals surface area (Å²) in [5.41, 5.74) is -0.955. The fourth-order valence-electron chi connectivity index (χ4n) is 2.25. The first-order chi connectivity index (χ1) is 10.3. The second-order valence-corrected chi connectivity index (χ2v) is 7.17. The normalized spacial score (nSPS) is 26.1. The highest BCUT2D eigenvalue weighted by Crippen LogP contribution is 2.16. The van der Waals surface area contributed by atoms with Gasteiger partial charge in [0.25, 0.3) is 0 Å². The molecule has 0 unspecified atom stereocenters. The van der Waals surface area contributed by atoms with Crippen LogP contribution in [0.3, 0.4) is 0 Å². The minimum atomic E-state index is -4.03. The summed E-state index contributed by atoms with van der Waals surface area (Å²) < 4.78 is 57.9. The number of aliphatic hydroxyl groups is 1. The van der Waals surface area contributed by atoms with E-state index in [9.17, 15) is 22.3 Å². The van der Waals surface area contributed by atoms with Crippen LogP contribution in [0, 0.1) is 11.6 Å². The van der Waals surface area contributed by atoms with Crippen LogP contribution in [0.2, 0.25) is 0 Å². The Labute approximate surface area is 127 Å². The predicted molar refractivity (Wildman–Crippen MR) is 74.8 cm³/mol. The third-order valence-electron chi connectivity index (χ3n) is 3.40. The number of halogens is 2. The molecule has 1 aromatic carbocycles. The van der Waals surface area contributed by atoms with E-state index in [0.717, 1.165) is 12.1 Å². The molecular formula is C13H18F2N2O4S. The number of nitrogens with one attached hydrogen (secondary N) is 2. The lowest BCUT2D eigenvalue weighted by Crippen LogP contribution is -2.65. The lowest BCUT2D eigenvalue weighted by atomic mass is 9.99. The molecule has 2 rings (SSSR count). The second-order valence-electron chi connectivity index (χ2n) is 5.40. The van der Waals surface area contributed by atoms with E-state index < -0.39 is 27.2 Å². The smallest absolute Gasteiger partial charge is 0.240 e. The van der Waals surface area contributed by atoms with Gasteiger partial charge in [-0.3, -0.25) is 0 Å². The first-order valence-electron chi connectivity index (χ1n) is 6.69. The molecule has 1 fully saturated rings. The molecule has 1 saturated heterocycles. The van der Waals surface area contributed by atoms with Crippen LogP contribution in [0.5, 0.6) is 0 Å². The zero-order chi connectivity index (χ0) is 16.4. The van der Waals surface area contributed by atoms with Gasteiger partial charge < -0.3 is 15.2 Å². The Balaban J connectivity index is 2.12. The van der Waals surface area contributed by atoms with Gasteiger partial charge in [0.1, 0.15) is 0 Å². The second kappa shape index (κ2) is 6.55. The van der Waals surface area contributed by atoms with Gasteiger partial charge in [-0.15, -0.1) is 0 Å². The Morgan fingerprint density at radius 3 is 2.77 bits per heavy atom. The maximum absolute atomic E-state index is 13.2. The van der Waals surface area contributed by atoms with Crippen LogP contribution >= 0.6 is 0 Å². The molecule has 6 nitrogen and oxygen atoms in total. The molecule has 124 valence electrons. The number of sulfonamides is 1. The van der Waals surface area contributed by atoms with Crippen molar-refractivity contribution in [1.82, 2.24) is 10.0 Å². The third-order valence-corrected chi connectivity index (χ3v) is 4.80. The number of ether oxygens (including phenoxy) is 1. The van der Waals surface area contributed by atoms with Crippen LogP contribution < -0.4 is 10.0 Å². The lowest BCUT2D eigenvalue weighted by molar-refractivity contribution is -0.0190. The molecule has 2 atom stereocenters. The average molecular weight is 336 g/mol. The van der Waals surface area contributed by atoms with Crippen LogP contribution in [0.4, 0.5) is 8.78 Å². The molecule has 0 radical (unpaired) electrons. The maximum Gasteiger partial charge on any atom is 0.240 e. The molecule has 0 bridgehead atoms. The molecule has 9 heteroatoms. The fourth-order valence-corrected chi connectivity index (χ4v) is 3.39. The Kier molecular flexibility index (Phi) is 5.13. The number of morpholine rings is 1. The van der Waals surface area contributed by atoms with E-state index in [0.29, 0.717) is 12.7 Å². The van der Waals surface area contributed by atoms with Gasteiger partial charge in [-0.2, -0.15) is 0 Å². The van der Waals surface area contributed by atoms with Crippen LogP contribution in [-0.2, 0) is 14.8 Å². The Morgan fingerprint density at radius 1 is 1.45 bits per heavy atom. The zero-order valence-corrected chi connectivity index (χ0v) is 12.8. The summed E-state index contributed by atoms with van der Waals surface area (Å²) in [4.78, 5) is -0.385. The monoisotopic (exact) mass is 336 g/mol. The van der Waals surface area contributed by atoms with Crippen LogP contribution in [0.15, 0.2) is 23.1 Å². The molecule has 0 spiro atoms. The van der Waals surface area contributed by atoms with Gasteiger partial charge in [0.05, 0.1) is 30.3 Å². The van der Waals surface area contributed by atoms with Crippen molar-refractivity contribution in [2.75, 3.05) is 26.4 Å². The van der Waals surface area contributed by atoms with Gasteiger partial charge >= 0.3 is 0 Å². The predicted octanol–water partition coefficient (Wildman–Crippen LogP) is -0.0175. The van der Waals surface area contributed by atoms with Crippen LogP contribution in [-0.4, -0.2) is 51.5 Å². The minimum Gasteiger partial charge on any atom is -0.394 e. The van der Waals surface area contributed by atoms with Gasteiger partial charge in [-0.05, 0) is 25.1 Å². The molecule has 3 N–H and O–H groups in total. The van der Waals surface area contributed by atoms with E-state index in [1.54, 1.807) is 0 Å². The van der Waals surface area contributed by atoms with Gasteiger partial charge in [-0.1, -0.05) is 0 Å². The molecule has 0 saturated carbocycles. The molecule has 0 aromatic heterocycles. The molecule has 1 aliphatic heterocycles. The molecule has 1 aromatic rings. The SMILES string of the molecule is C[C@@H]1COC[C@@](CO)(CNS(=O)(=O)c2ccc(F)c(F)c2)N1. The average Bonchev–Trinajstić information content (AvgIpc) is 2.48. The van der Waals surface area contributed by atoms with Gasteiger partial charge in [0.2, 0.25) is 10.0 Å². The third kappa shape index (κ3) is 3.79. The topological polar surface area (TPSA) is 87.7 Å². The first-order valence-corrected chi connectivity index (χ1v) is 8.17. The summed E-state index contributed by atoms with van der Waals surface area (Å²) in [5.74, 6) is -2.37.